The summed E-state index contributed by atoms with van der Waals surface area (Å²) in [5, 5.41) is 19.9. The lowest BCUT2D eigenvalue weighted by Gasteiger charge is -2.17. The number of furan rings is 1. The zero-order chi connectivity index (χ0) is 12.3. The first kappa shape index (κ1) is 12.9. The first-order valence-corrected chi connectivity index (χ1v) is 5.69. The molecule has 9 heteroatoms. The molecule has 1 aromatic heterocycles. The molecule has 0 saturated heterocycles. The van der Waals surface area contributed by atoms with Crippen molar-refractivity contribution in [3.8, 4) is 0 Å². The molecule has 1 rings (SSSR count). The van der Waals surface area contributed by atoms with Crippen LogP contribution in [0.4, 0.5) is 5.88 Å². The van der Waals surface area contributed by atoms with Gasteiger partial charge in [0.05, 0.1) is 6.07 Å². The zero-order valence-corrected chi connectivity index (χ0v) is 9.42. The zero-order valence-electron chi connectivity index (χ0n) is 8.52. The van der Waals surface area contributed by atoms with E-state index in [-0.39, 0.29) is 5.76 Å². The lowest BCUT2D eigenvalue weighted by atomic mass is 10.5. The van der Waals surface area contributed by atoms with E-state index >= 15 is 0 Å². The topological polar surface area (TPSA) is 112 Å². The lowest BCUT2D eigenvalue weighted by molar-refractivity contribution is -0.402. The van der Waals surface area contributed by atoms with Crippen LogP contribution < -0.4 is 0 Å². The number of nitro groups is 1. The maximum Gasteiger partial charge on any atom is 0.433 e. The standard InChI is InChI=1S/C7H10NO7P/c1-13-16(12,14-2)7(9)5-3-4-6(15-5)8(10)11/h3-4,7,9H,1-2H3. The van der Waals surface area contributed by atoms with Gasteiger partial charge in [0, 0.05) is 14.2 Å². The molecule has 0 aliphatic rings. The van der Waals surface area contributed by atoms with Gasteiger partial charge in [0.25, 0.3) is 0 Å². The molecule has 0 aliphatic carbocycles. The summed E-state index contributed by atoms with van der Waals surface area (Å²) in [6.45, 7) is 0. The molecule has 1 unspecified atom stereocenters. The van der Waals surface area contributed by atoms with Gasteiger partial charge in [0.15, 0.2) is 5.76 Å². The van der Waals surface area contributed by atoms with Gasteiger partial charge in [-0.05, 0) is 6.07 Å². The van der Waals surface area contributed by atoms with Gasteiger partial charge in [-0.25, -0.2) is 0 Å². The van der Waals surface area contributed by atoms with E-state index in [1.807, 2.05) is 0 Å². The van der Waals surface area contributed by atoms with Gasteiger partial charge in [0.1, 0.15) is 4.92 Å². The van der Waals surface area contributed by atoms with Crippen molar-refractivity contribution in [2.24, 2.45) is 0 Å². The number of hydrogen-bond donors (Lipinski definition) is 1. The van der Waals surface area contributed by atoms with E-state index in [0.29, 0.717) is 0 Å². The molecule has 8 nitrogen and oxygen atoms in total. The van der Waals surface area contributed by atoms with Crippen LogP contribution in [0, 0.1) is 10.1 Å². The normalized spacial score (nSPS) is 13.7. The van der Waals surface area contributed by atoms with Crippen molar-refractivity contribution >= 4 is 13.5 Å². The highest BCUT2D eigenvalue weighted by Crippen LogP contribution is 2.58. The predicted molar refractivity (Wildman–Crippen MR) is 51.9 cm³/mol. The Morgan fingerprint density at radius 2 is 2.06 bits per heavy atom. The Hall–Kier alpha value is -1.21. The van der Waals surface area contributed by atoms with Crippen LogP contribution in [0.5, 0.6) is 0 Å². The van der Waals surface area contributed by atoms with E-state index in [2.05, 4.69) is 13.5 Å². The molecule has 0 spiro atoms. The molecule has 90 valence electrons. The van der Waals surface area contributed by atoms with E-state index in [4.69, 9.17) is 0 Å². The monoisotopic (exact) mass is 251 g/mol. The van der Waals surface area contributed by atoms with Crippen LogP contribution in [0.25, 0.3) is 0 Å². The molecule has 0 saturated carbocycles. The Kier molecular flexibility index (Phi) is 3.82. The smallest absolute Gasteiger partial charge is 0.402 e. The minimum atomic E-state index is -3.77. The summed E-state index contributed by atoms with van der Waals surface area (Å²) in [6, 6.07) is 2.17. The van der Waals surface area contributed by atoms with Crippen LogP contribution in [0.15, 0.2) is 16.5 Å². The number of hydrogen-bond acceptors (Lipinski definition) is 7. The molecule has 1 heterocycles. The fraction of sp³-hybridized carbons (Fsp3) is 0.429. The molecule has 0 bridgehead atoms. The second-order valence-corrected chi connectivity index (χ2v) is 5.01. The van der Waals surface area contributed by atoms with Crippen LogP contribution in [0.3, 0.4) is 0 Å². The largest absolute Gasteiger partial charge is 0.433 e. The summed E-state index contributed by atoms with van der Waals surface area (Å²) in [4.78, 5) is 9.55. The molecule has 0 radical (unpaired) electrons. The van der Waals surface area contributed by atoms with Crippen LogP contribution in [0.1, 0.15) is 11.6 Å². The predicted octanol–water partition coefficient (Wildman–Crippen LogP) is 1.66. The average Bonchev–Trinajstić information content (AvgIpc) is 2.76. The highest BCUT2D eigenvalue weighted by Gasteiger charge is 2.37. The van der Waals surface area contributed by atoms with E-state index in [1.54, 1.807) is 0 Å². The summed E-state index contributed by atoms with van der Waals surface area (Å²) in [6.07, 6.45) is 0. The quantitative estimate of drug-likeness (QED) is 0.481. The molecule has 1 N–H and O–H groups in total. The molecule has 0 amide bonds. The summed E-state index contributed by atoms with van der Waals surface area (Å²) in [7, 11) is -1.60. The fourth-order valence-electron chi connectivity index (χ4n) is 1.01. The third-order valence-corrected chi connectivity index (χ3v) is 3.73. The van der Waals surface area contributed by atoms with Crippen molar-refractivity contribution in [2.75, 3.05) is 14.2 Å². The molecule has 1 aromatic rings. The number of rotatable bonds is 5. The summed E-state index contributed by atoms with van der Waals surface area (Å²) < 4.78 is 25.4. The van der Waals surface area contributed by atoms with Gasteiger partial charge < -0.3 is 18.6 Å². The third-order valence-electron chi connectivity index (χ3n) is 1.86. The van der Waals surface area contributed by atoms with Crippen molar-refractivity contribution in [1.29, 1.82) is 0 Å². The van der Waals surface area contributed by atoms with Gasteiger partial charge in [-0.1, -0.05) is 0 Å². The average molecular weight is 251 g/mol. The molecule has 16 heavy (non-hydrogen) atoms. The minimum absolute atomic E-state index is 0.251. The van der Waals surface area contributed by atoms with Crippen molar-refractivity contribution < 1.29 is 28.1 Å². The van der Waals surface area contributed by atoms with Gasteiger partial charge in [-0.15, -0.1) is 0 Å². The van der Waals surface area contributed by atoms with Crippen LogP contribution in [0.2, 0.25) is 0 Å². The Balaban J connectivity index is 3.00. The van der Waals surface area contributed by atoms with Gasteiger partial charge in [0.2, 0.25) is 5.85 Å². The first-order valence-electron chi connectivity index (χ1n) is 4.08. The molecule has 0 fully saturated rings. The molecular weight excluding hydrogens is 241 g/mol. The Morgan fingerprint density at radius 3 is 2.44 bits per heavy atom. The van der Waals surface area contributed by atoms with Crippen molar-refractivity contribution in [3.05, 3.63) is 28.0 Å². The second kappa shape index (κ2) is 4.75. The minimum Gasteiger partial charge on any atom is -0.402 e. The second-order valence-electron chi connectivity index (χ2n) is 2.71. The third kappa shape index (κ3) is 2.30. The van der Waals surface area contributed by atoms with E-state index in [9.17, 15) is 19.8 Å². The fourth-order valence-corrected chi connectivity index (χ4v) is 2.01. The summed E-state index contributed by atoms with van der Waals surface area (Å²) >= 11 is 0. The number of aliphatic hydroxyl groups is 1. The molecule has 0 aliphatic heterocycles. The Bertz CT molecular complexity index is 420. The van der Waals surface area contributed by atoms with Crippen LogP contribution >= 0.6 is 7.60 Å². The highest BCUT2D eigenvalue weighted by molar-refractivity contribution is 7.53. The Labute approximate surface area is 90.5 Å². The molecule has 0 aromatic carbocycles. The van der Waals surface area contributed by atoms with Crippen molar-refractivity contribution in [2.45, 2.75) is 5.85 Å². The molecule has 1 atom stereocenters. The van der Waals surface area contributed by atoms with E-state index in [1.165, 1.54) is 0 Å². The van der Waals surface area contributed by atoms with Gasteiger partial charge in [-0.2, -0.15) is 0 Å². The van der Waals surface area contributed by atoms with E-state index < -0.39 is 24.2 Å². The summed E-state index contributed by atoms with van der Waals surface area (Å²) in [5.74, 6) is -2.51. The maximum atomic E-state index is 11.7. The maximum absolute atomic E-state index is 11.7. The molecular formula is C7H10NO7P. The Morgan fingerprint density at radius 1 is 1.50 bits per heavy atom. The number of nitrogens with zero attached hydrogens (tertiary/aromatic N) is 1. The summed E-state index contributed by atoms with van der Waals surface area (Å²) in [5.41, 5.74) is 0. The van der Waals surface area contributed by atoms with Crippen LogP contribution in [-0.4, -0.2) is 24.2 Å². The lowest BCUT2D eigenvalue weighted by Crippen LogP contribution is -2.01. The van der Waals surface area contributed by atoms with E-state index in [0.717, 1.165) is 26.4 Å². The van der Waals surface area contributed by atoms with Crippen molar-refractivity contribution in [1.82, 2.24) is 0 Å². The highest BCUT2D eigenvalue weighted by atomic mass is 31.2. The number of aliphatic hydroxyl groups excluding tert-OH is 1. The first-order chi connectivity index (χ1) is 7.44. The van der Waals surface area contributed by atoms with Gasteiger partial charge in [-0.3, -0.25) is 14.7 Å². The van der Waals surface area contributed by atoms with Crippen molar-refractivity contribution in [3.63, 3.8) is 0 Å². The van der Waals surface area contributed by atoms with Crippen LogP contribution in [-0.2, 0) is 13.6 Å². The van der Waals surface area contributed by atoms with Gasteiger partial charge >= 0.3 is 13.5 Å². The SMILES string of the molecule is COP(=O)(OC)C(O)c1ccc([N+](=O)[O-])o1.